The van der Waals surface area contributed by atoms with E-state index < -0.39 is 5.97 Å². The van der Waals surface area contributed by atoms with E-state index in [1.807, 2.05) is 30.3 Å². The van der Waals surface area contributed by atoms with Gasteiger partial charge < -0.3 is 14.6 Å². The molecule has 2 heterocycles. The van der Waals surface area contributed by atoms with Crippen molar-refractivity contribution in [3.05, 3.63) is 42.2 Å². The Morgan fingerprint density at radius 3 is 2.91 bits per heavy atom. The highest BCUT2D eigenvalue weighted by Gasteiger charge is 2.34. The summed E-state index contributed by atoms with van der Waals surface area (Å²) in [4.78, 5) is 32.6. The van der Waals surface area contributed by atoms with Gasteiger partial charge in [-0.25, -0.2) is 9.78 Å². The first-order valence-corrected chi connectivity index (χ1v) is 7.73. The fourth-order valence-corrected chi connectivity index (χ4v) is 3.34. The zero-order chi connectivity index (χ0) is 15.5. The molecule has 0 spiro atoms. The summed E-state index contributed by atoms with van der Waals surface area (Å²) in [5.74, 6) is -0.407. The smallest absolute Gasteiger partial charge is 0.356 e. The van der Waals surface area contributed by atoms with Gasteiger partial charge >= 0.3 is 5.97 Å². The zero-order valence-electron chi connectivity index (χ0n) is 12.0. The normalized spacial score (nSPS) is 17.8. The van der Waals surface area contributed by atoms with Crippen molar-refractivity contribution in [2.75, 3.05) is 18.6 Å². The Labute approximate surface area is 131 Å². The van der Waals surface area contributed by atoms with E-state index in [9.17, 15) is 9.59 Å². The fourth-order valence-electron chi connectivity index (χ4n) is 2.34. The lowest BCUT2D eigenvalue weighted by molar-refractivity contribution is -0.116. The zero-order valence-corrected chi connectivity index (χ0v) is 12.8. The van der Waals surface area contributed by atoms with Crippen LogP contribution in [0.1, 0.15) is 16.9 Å². The quantitative estimate of drug-likeness (QED) is 0.874. The van der Waals surface area contributed by atoms with E-state index in [0.717, 1.165) is 12.1 Å². The summed E-state index contributed by atoms with van der Waals surface area (Å²) in [6.07, 6.45) is 2.16. The van der Waals surface area contributed by atoms with Crippen LogP contribution in [0.25, 0.3) is 0 Å². The van der Waals surface area contributed by atoms with Gasteiger partial charge in [0.2, 0.25) is 5.91 Å². The molecule has 114 valence electrons. The molecule has 0 unspecified atom stereocenters. The second-order valence-electron chi connectivity index (χ2n) is 4.81. The molecule has 0 radical (unpaired) electrons. The van der Waals surface area contributed by atoms with Crippen molar-refractivity contribution >= 4 is 29.3 Å². The number of hydrogen-bond donors (Lipinski definition) is 1. The number of hydrogen-bond acceptors (Lipinski definition) is 5. The molecule has 3 rings (SSSR count). The number of nitrogens with one attached hydrogen (secondary N) is 1. The van der Waals surface area contributed by atoms with Gasteiger partial charge in [-0.15, -0.1) is 0 Å². The first kappa shape index (κ1) is 14.6. The largest absolute Gasteiger partial charge is 0.464 e. The number of benzene rings is 1. The number of H-pyrrole nitrogens is 1. The third-order valence-corrected chi connectivity index (χ3v) is 4.59. The third-order valence-electron chi connectivity index (χ3n) is 3.44. The highest BCUT2D eigenvalue weighted by atomic mass is 32.2. The molecule has 1 saturated heterocycles. The van der Waals surface area contributed by atoms with Gasteiger partial charge in [-0.1, -0.05) is 30.0 Å². The van der Waals surface area contributed by atoms with Gasteiger partial charge in [-0.05, 0) is 18.6 Å². The molecule has 6 nitrogen and oxygen atoms in total. The SMILES string of the molecule is COC(=O)c1cnc(S[C@@H]2CCN(c3ccccc3)C2=O)[nH]1. The van der Waals surface area contributed by atoms with Crippen molar-refractivity contribution in [3.8, 4) is 0 Å². The van der Waals surface area contributed by atoms with Gasteiger partial charge in [0.05, 0.1) is 18.6 Å². The van der Waals surface area contributed by atoms with Crippen LogP contribution in [0.2, 0.25) is 0 Å². The number of anilines is 1. The van der Waals surface area contributed by atoms with Gasteiger partial charge in [0, 0.05) is 12.2 Å². The highest BCUT2D eigenvalue weighted by Crippen LogP contribution is 2.31. The number of ether oxygens (including phenoxy) is 1. The number of amides is 1. The third kappa shape index (κ3) is 2.85. The lowest BCUT2D eigenvalue weighted by Crippen LogP contribution is -2.27. The predicted octanol–water partition coefficient (Wildman–Crippen LogP) is 2.09. The number of carbonyl (C=O) groups excluding carboxylic acids is 2. The molecule has 0 aliphatic carbocycles. The summed E-state index contributed by atoms with van der Waals surface area (Å²) in [6, 6.07) is 9.60. The van der Waals surface area contributed by atoms with E-state index in [2.05, 4.69) is 14.7 Å². The molecule has 0 bridgehead atoms. The first-order valence-electron chi connectivity index (χ1n) is 6.85. The summed E-state index contributed by atoms with van der Waals surface area (Å²) in [5.41, 5.74) is 1.20. The molecule has 22 heavy (non-hydrogen) atoms. The molecule has 1 aromatic carbocycles. The number of rotatable bonds is 4. The number of aromatic nitrogens is 2. The summed E-state index contributed by atoms with van der Waals surface area (Å²) in [7, 11) is 1.31. The van der Waals surface area contributed by atoms with Crippen LogP contribution in [-0.4, -0.2) is 40.7 Å². The maximum atomic E-state index is 12.5. The molecule has 1 amide bonds. The van der Waals surface area contributed by atoms with E-state index in [-0.39, 0.29) is 16.9 Å². The average Bonchev–Trinajstić information content (AvgIpc) is 3.16. The molecule has 1 fully saturated rings. The number of carbonyl (C=O) groups is 2. The van der Waals surface area contributed by atoms with Crippen LogP contribution in [0.4, 0.5) is 5.69 Å². The molecule has 1 aromatic heterocycles. The maximum Gasteiger partial charge on any atom is 0.356 e. The maximum absolute atomic E-state index is 12.5. The first-order chi connectivity index (χ1) is 10.7. The molecule has 1 aliphatic heterocycles. The van der Waals surface area contributed by atoms with Crippen molar-refractivity contribution in [1.29, 1.82) is 0 Å². The fraction of sp³-hybridized carbons (Fsp3) is 0.267. The average molecular weight is 317 g/mol. The van der Waals surface area contributed by atoms with Gasteiger partial charge in [-0.3, -0.25) is 4.79 Å². The highest BCUT2D eigenvalue weighted by molar-refractivity contribution is 8.00. The monoisotopic (exact) mass is 317 g/mol. The van der Waals surface area contributed by atoms with Gasteiger partial charge in [-0.2, -0.15) is 0 Å². The van der Waals surface area contributed by atoms with Crippen molar-refractivity contribution in [1.82, 2.24) is 9.97 Å². The Kier molecular flexibility index (Phi) is 4.15. The van der Waals surface area contributed by atoms with Crippen LogP contribution in [0.3, 0.4) is 0 Å². The Bertz CT molecular complexity index is 686. The summed E-state index contributed by atoms with van der Waals surface area (Å²) < 4.78 is 4.62. The van der Waals surface area contributed by atoms with E-state index in [4.69, 9.17) is 0 Å². The number of methoxy groups -OCH3 is 1. The van der Waals surface area contributed by atoms with Gasteiger partial charge in [0.15, 0.2) is 5.16 Å². The number of thioether (sulfide) groups is 1. The van der Waals surface area contributed by atoms with Crippen molar-refractivity contribution in [3.63, 3.8) is 0 Å². The second-order valence-corrected chi connectivity index (χ2v) is 6.01. The van der Waals surface area contributed by atoms with Gasteiger partial charge in [0.25, 0.3) is 0 Å². The van der Waals surface area contributed by atoms with Crippen LogP contribution in [0.15, 0.2) is 41.7 Å². The van der Waals surface area contributed by atoms with Crippen LogP contribution in [-0.2, 0) is 9.53 Å². The standard InChI is InChI=1S/C15H15N3O3S/c1-21-14(20)11-9-16-15(17-11)22-12-7-8-18(13(12)19)10-5-3-2-4-6-10/h2-6,9,12H,7-8H2,1H3,(H,16,17)/t12-/m1/s1. The number of nitrogens with zero attached hydrogens (tertiary/aromatic N) is 2. The molecule has 1 aliphatic rings. The molecule has 1 N–H and O–H groups in total. The Morgan fingerprint density at radius 2 is 2.18 bits per heavy atom. The molecule has 2 aromatic rings. The lowest BCUT2D eigenvalue weighted by atomic mass is 10.3. The van der Waals surface area contributed by atoms with Crippen LogP contribution in [0.5, 0.6) is 0 Å². The van der Waals surface area contributed by atoms with Crippen molar-refractivity contribution in [2.24, 2.45) is 0 Å². The minimum absolute atomic E-state index is 0.0622. The Morgan fingerprint density at radius 1 is 1.41 bits per heavy atom. The summed E-state index contributed by atoms with van der Waals surface area (Å²) in [5, 5.41) is 0.352. The summed E-state index contributed by atoms with van der Waals surface area (Å²) in [6.45, 7) is 0.686. The number of imidazole rings is 1. The van der Waals surface area contributed by atoms with Crippen molar-refractivity contribution < 1.29 is 14.3 Å². The predicted molar refractivity (Wildman–Crippen MR) is 83.0 cm³/mol. The number of esters is 1. The van der Waals surface area contributed by atoms with E-state index in [0.29, 0.717) is 11.7 Å². The molecular formula is C15H15N3O3S. The molecule has 1 atom stereocenters. The minimum Gasteiger partial charge on any atom is -0.464 e. The molecule has 7 heteroatoms. The van der Waals surface area contributed by atoms with Crippen LogP contribution >= 0.6 is 11.8 Å². The Balaban J connectivity index is 1.68. The van der Waals surface area contributed by atoms with E-state index >= 15 is 0 Å². The topological polar surface area (TPSA) is 75.3 Å². The minimum atomic E-state index is -0.469. The summed E-state index contributed by atoms with van der Waals surface area (Å²) >= 11 is 1.34. The lowest BCUT2D eigenvalue weighted by Gasteiger charge is -2.16. The number of aromatic amines is 1. The van der Waals surface area contributed by atoms with E-state index in [1.54, 1.807) is 4.90 Å². The van der Waals surface area contributed by atoms with E-state index in [1.165, 1.54) is 25.1 Å². The van der Waals surface area contributed by atoms with Gasteiger partial charge in [0.1, 0.15) is 5.69 Å². The molecular weight excluding hydrogens is 302 g/mol. The second kappa shape index (κ2) is 6.23. The van der Waals surface area contributed by atoms with Crippen LogP contribution < -0.4 is 4.90 Å². The number of para-hydroxylation sites is 1. The Hall–Kier alpha value is -2.28. The molecule has 0 saturated carbocycles. The van der Waals surface area contributed by atoms with Crippen LogP contribution in [0, 0.1) is 0 Å². The van der Waals surface area contributed by atoms with Crippen molar-refractivity contribution in [2.45, 2.75) is 16.8 Å².